The van der Waals surface area contributed by atoms with E-state index in [9.17, 15) is 0 Å². The molecular weight excluding hydrogens is 412 g/mol. The highest BCUT2D eigenvalue weighted by Crippen LogP contribution is 2.37. The molecule has 0 bridgehead atoms. The molecular formula is C33H26O. The Bertz CT molecular complexity index is 1760. The van der Waals surface area contributed by atoms with Gasteiger partial charge in [-0.3, -0.25) is 0 Å². The van der Waals surface area contributed by atoms with Crippen molar-refractivity contribution in [1.82, 2.24) is 0 Å². The lowest BCUT2D eigenvalue weighted by Gasteiger charge is -2.15. The van der Waals surface area contributed by atoms with E-state index in [1.54, 1.807) is 0 Å². The van der Waals surface area contributed by atoms with Gasteiger partial charge < -0.3 is 4.42 Å². The molecule has 0 radical (unpaired) electrons. The fourth-order valence-electron chi connectivity index (χ4n) is 5.16. The summed E-state index contributed by atoms with van der Waals surface area (Å²) in [5.41, 5.74) is 8.02. The Morgan fingerprint density at radius 2 is 1.41 bits per heavy atom. The average Bonchev–Trinajstić information content (AvgIpc) is 3.26. The second-order valence-electron chi connectivity index (χ2n) is 8.95. The van der Waals surface area contributed by atoms with Gasteiger partial charge in [0.15, 0.2) is 0 Å². The molecule has 0 saturated carbocycles. The number of furan rings is 1. The van der Waals surface area contributed by atoms with Crippen LogP contribution in [0.15, 0.2) is 95.9 Å². The molecule has 0 saturated heterocycles. The molecule has 0 aliphatic carbocycles. The van der Waals surface area contributed by atoms with E-state index < -0.39 is 0 Å². The number of aryl methyl sites for hydroxylation is 1. The van der Waals surface area contributed by atoms with Crippen LogP contribution in [0, 0.1) is 0 Å². The maximum Gasteiger partial charge on any atom is 0.135 e. The average molecular weight is 439 g/mol. The highest BCUT2D eigenvalue weighted by Gasteiger charge is 2.13. The lowest BCUT2D eigenvalue weighted by molar-refractivity contribution is 0.669. The van der Waals surface area contributed by atoms with Crippen LogP contribution in [0.1, 0.15) is 36.1 Å². The van der Waals surface area contributed by atoms with Gasteiger partial charge in [0, 0.05) is 10.8 Å². The van der Waals surface area contributed by atoms with Crippen LogP contribution in [0.3, 0.4) is 0 Å². The largest absolute Gasteiger partial charge is 0.456 e. The third-order valence-corrected chi connectivity index (χ3v) is 6.98. The van der Waals surface area contributed by atoms with Crippen LogP contribution in [-0.4, -0.2) is 0 Å². The van der Waals surface area contributed by atoms with Crippen molar-refractivity contribution in [2.75, 3.05) is 0 Å². The Balaban J connectivity index is 1.60. The maximum absolute atomic E-state index is 6.03. The number of para-hydroxylation sites is 1. The van der Waals surface area contributed by atoms with Gasteiger partial charge in [-0.05, 0) is 80.9 Å². The molecule has 6 aromatic rings. The van der Waals surface area contributed by atoms with Crippen LogP contribution in [0.5, 0.6) is 0 Å². The van der Waals surface area contributed by atoms with Gasteiger partial charge in [0.25, 0.3) is 0 Å². The molecule has 0 unspecified atom stereocenters. The van der Waals surface area contributed by atoms with Crippen molar-refractivity contribution in [3.05, 3.63) is 114 Å². The monoisotopic (exact) mass is 438 g/mol. The van der Waals surface area contributed by atoms with E-state index in [0.717, 1.165) is 28.4 Å². The highest BCUT2D eigenvalue weighted by atomic mass is 16.3. The zero-order valence-corrected chi connectivity index (χ0v) is 19.6. The summed E-state index contributed by atoms with van der Waals surface area (Å²) in [5, 5.41) is 7.40. The quantitative estimate of drug-likeness (QED) is 0.197. The molecule has 0 amide bonds. The molecule has 0 aliphatic heterocycles. The molecule has 0 N–H and O–H groups in total. The molecule has 1 aromatic heterocycles. The predicted molar refractivity (Wildman–Crippen MR) is 148 cm³/mol. The number of hydrogen-bond donors (Lipinski definition) is 0. The van der Waals surface area contributed by atoms with Gasteiger partial charge >= 0.3 is 0 Å². The smallest absolute Gasteiger partial charge is 0.135 e. The fourth-order valence-corrected chi connectivity index (χ4v) is 5.16. The van der Waals surface area contributed by atoms with Gasteiger partial charge in [0.05, 0.1) is 0 Å². The topological polar surface area (TPSA) is 13.1 Å². The summed E-state index contributed by atoms with van der Waals surface area (Å²) in [6, 6.07) is 30.3. The van der Waals surface area contributed by atoms with Crippen molar-refractivity contribution in [3.63, 3.8) is 0 Å². The summed E-state index contributed by atoms with van der Waals surface area (Å²) in [6.07, 6.45) is 5.35. The lowest BCUT2D eigenvalue weighted by Crippen LogP contribution is -1.91. The van der Waals surface area contributed by atoms with Gasteiger partial charge in [-0.15, -0.1) is 0 Å². The van der Waals surface area contributed by atoms with Crippen molar-refractivity contribution >= 4 is 61.2 Å². The van der Waals surface area contributed by atoms with E-state index in [4.69, 9.17) is 4.42 Å². The Kier molecular flexibility index (Phi) is 4.85. The van der Waals surface area contributed by atoms with E-state index in [0.29, 0.717) is 0 Å². The van der Waals surface area contributed by atoms with Gasteiger partial charge in [-0.25, -0.2) is 0 Å². The minimum atomic E-state index is 0.924. The van der Waals surface area contributed by atoms with Crippen LogP contribution in [0.25, 0.3) is 61.2 Å². The van der Waals surface area contributed by atoms with Gasteiger partial charge in [0.1, 0.15) is 11.2 Å². The number of allylic oxidation sites excluding steroid dienone is 1. The Labute approximate surface area is 199 Å². The molecule has 34 heavy (non-hydrogen) atoms. The van der Waals surface area contributed by atoms with E-state index in [2.05, 4.69) is 99.3 Å². The molecule has 0 spiro atoms. The second kappa shape index (κ2) is 8.04. The number of hydrogen-bond acceptors (Lipinski definition) is 1. The van der Waals surface area contributed by atoms with Crippen molar-refractivity contribution in [2.24, 2.45) is 0 Å². The van der Waals surface area contributed by atoms with Gasteiger partial charge in [-0.2, -0.15) is 0 Å². The number of rotatable bonds is 4. The van der Waals surface area contributed by atoms with Crippen LogP contribution in [0.2, 0.25) is 0 Å². The summed E-state index contributed by atoms with van der Waals surface area (Å²) < 4.78 is 6.03. The summed E-state index contributed by atoms with van der Waals surface area (Å²) in [7, 11) is 0. The fraction of sp³-hybridized carbons (Fsp3) is 0.0909. The predicted octanol–water partition coefficient (Wildman–Crippen LogP) is 9.66. The lowest BCUT2D eigenvalue weighted by atomic mass is 9.89. The maximum atomic E-state index is 6.03. The molecule has 164 valence electrons. The van der Waals surface area contributed by atoms with Crippen molar-refractivity contribution < 1.29 is 4.42 Å². The van der Waals surface area contributed by atoms with E-state index in [-0.39, 0.29) is 0 Å². The van der Waals surface area contributed by atoms with E-state index in [1.165, 1.54) is 49.4 Å². The number of benzene rings is 5. The normalized spacial score (nSPS) is 12.2. The van der Waals surface area contributed by atoms with Crippen LogP contribution >= 0.6 is 0 Å². The second-order valence-corrected chi connectivity index (χ2v) is 8.95. The van der Waals surface area contributed by atoms with Crippen molar-refractivity contribution in [3.8, 4) is 0 Å². The van der Waals surface area contributed by atoms with Gasteiger partial charge in [0.2, 0.25) is 0 Å². The Morgan fingerprint density at radius 1 is 0.706 bits per heavy atom. The van der Waals surface area contributed by atoms with E-state index >= 15 is 0 Å². The minimum absolute atomic E-state index is 0.924. The van der Waals surface area contributed by atoms with Gasteiger partial charge in [-0.1, -0.05) is 92.4 Å². The first-order valence-corrected chi connectivity index (χ1v) is 11.9. The summed E-state index contributed by atoms with van der Waals surface area (Å²) >= 11 is 0. The molecule has 1 heterocycles. The van der Waals surface area contributed by atoms with Crippen LogP contribution < -0.4 is 0 Å². The van der Waals surface area contributed by atoms with Crippen LogP contribution in [0.4, 0.5) is 0 Å². The third-order valence-electron chi connectivity index (χ3n) is 6.98. The molecule has 0 fully saturated rings. The zero-order chi connectivity index (χ0) is 23.2. The molecule has 1 nitrogen and oxygen atoms in total. The highest BCUT2D eigenvalue weighted by molar-refractivity contribution is 6.16. The van der Waals surface area contributed by atoms with Crippen LogP contribution in [-0.2, 0) is 6.42 Å². The first-order chi connectivity index (χ1) is 16.7. The Morgan fingerprint density at radius 3 is 2.21 bits per heavy atom. The first-order valence-electron chi connectivity index (χ1n) is 11.9. The molecule has 0 atom stereocenters. The SMILES string of the molecule is C=Cc1c(/C=C(\C)c2ccc3oc4ccccc4c3c2)c2ccccc2c2cc(CC)ccc12. The molecule has 5 aromatic carbocycles. The van der Waals surface area contributed by atoms with Crippen molar-refractivity contribution in [1.29, 1.82) is 0 Å². The molecule has 1 heteroatoms. The zero-order valence-electron chi connectivity index (χ0n) is 19.6. The summed E-state index contributed by atoms with van der Waals surface area (Å²) in [5.74, 6) is 0. The molecule has 0 aliphatic rings. The minimum Gasteiger partial charge on any atom is -0.456 e. The summed E-state index contributed by atoms with van der Waals surface area (Å²) in [4.78, 5) is 0. The Hall–Kier alpha value is -4.10. The first kappa shape index (κ1) is 20.5. The van der Waals surface area contributed by atoms with Crippen molar-refractivity contribution in [2.45, 2.75) is 20.3 Å². The standard InChI is InChI=1S/C33H26O/c1-4-22-14-16-27-24(5-2)29(25-10-6-7-11-26(25)30(27)19-22)18-21(3)23-15-17-33-31(20-23)28-12-8-9-13-32(28)34-33/h5-20H,2,4H2,1,3H3/b21-18+. The molecule has 6 rings (SSSR count). The third kappa shape index (κ3) is 3.16. The summed E-state index contributed by atoms with van der Waals surface area (Å²) in [6.45, 7) is 8.59. The number of fused-ring (bicyclic) bond motifs is 6. The van der Waals surface area contributed by atoms with E-state index in [1.807, 2.05) is 18.2 Å².